The zero-order chi connectivity index (χ0) is 33.4. The molecule has 2 aromatic carbocycles. The number of benzene rings is 2. The maximum atomic E-state index is 13.9. The fourth-order valence-electron chi connectivity index (χ4n) is 7.20. The summed E-state index contributed by atoms with van der Waals surface area (Å²) in [4.78, 5) is 41.5. The zero-order valence-electron chi connectivity index (χ0n) is 27.7. The second-order valence-corrected chi connectivity index (χ2v) is 15.8. The van der Waals surface area contributed by atoms with E-state index in [0.717, 1.165) is 42.2 Å². The molecule has 2 N–H and O–H groups in total. The fraction of sp³-hybridized carbons (Fsp3) is 0.486. The normalized spacial score (nSPS) is 21.9. The van der Waals surface area contributed by atoms with E-state index in [9.17, 15) is 9.59 Å². The number of para-hydroxylation sites is 1. The van der Waals surface area contributed by atoms with E-state index in [4.69, 9.17) is 25.8 Å². The molecule has 2 atom stereocenters. The van der Waals surface area contributed by atoms with Gasteiger partial charge in [0, 0.05) is 47.9 Å². The van der Waals surface area contributed by atoms with Crippen molar-refractivity contribution in [1.82, 2.24) is 24.7 Å². The van der Waals surface area contributed by atoms with Gasteiger partial charge in [-0.3, -0.25) is 9.59 Å². The van der Waals surface area contributed by atoms with Crippen LogP contribution < -0.4 is 20.7 Å². The number of carbonyl (C=O) groups is 2. The van der Waals surface area contributed by atoms with E-state index >= 15 is 0 Å². The lowest BCUT2D eigenvalue weighted by molar-refractivity contribution is -0.133. The van der Waals surface area contributed by atoms with E-state index < -0.39 is 14.4 Å². The van der Waals surface area contributed by atoms with E-state index in [0.29, 0.717) is 65.6 Å². The number of halogens is 1. The number of fused-ring (bicyclic) bond motifs is 5. The Morgan fingerprint density at radius 3 is 2.60 bits per heavy atom. The summed E-state index contributed by atoms with van der Waals surface area (Å²) in [5.74, 6) is 1.48. The summed E-state index contributed by atoms with van der Waals surface area (Å²) in [6.07, 6.45) is 8.35. The van der Waals surface area contributed by atoms with Gasteiger partial charge in [-0.1, -0.05) is 49.1 Å². The number of aromatic nitrogens is 2. The van der Waals surface area contributed by atoms with Gasteiger partial charge in [-0.2, -0.15) is 4.98 Å². The van der Waals surface area contributed by atoms with Gasteiger partial charge in [-0.15, -0.1) is 0 Å². The third kappa shape index (κ3) is 6.97. The molecule has 1 saturated heterocycles. The quantitative estimate of drug-likeness (QED) is 0.307. The summed E-state index contributed by atoms with van der Waals surface area (Å²) in [5.41, 5.74) is 3.41. The van der Waals surface area contributed by atoms with Gasteiger partial charge in [0.15, 0.2) is 5.82 Å². The Morgan fingerprint density at radius 2 is 1.83 bits per heavy atom. The number of rotatable bonds is 4. The Bertz CT molecular complexity index is 1680. The fourth-order valence-corrected chi connectivity index (χ4v) is 9.81. The van der Waals surface area contributed by atoms with Crippen LogP contribution in [-0.4, -0.2) is 88.2 Å². The van der Waals surface area contributed by atoms with Gasteiger partial charge in [0.05, 0.1) is 26.6 Å². The van der Waals surface area contributed by atoms with E-state index in [1.54, 1.807) is 6.20 Å². The summed E-state index contributed by atoms with van der Waals surface area (Å²) < 4.78 is 13.5. The molecule has 4 heterocycles. The van der Waals surface area contributed by atoms with Crippen molar-refractivity contribution in [1.29, 1.82) is 0 Å². The topological polar surface area (TPSA) is 112 Å². The van der Waals surface area contributed by atoms with Crippen LogP contribution >= 0.6 is 19.7 Å². The van der Waals surface area contributed by atoms with Crippen molar-refractivity contribution in [3.63, 3.8) is 0 Å². The Labute approximate surface area is 288 Å². The number of hydrogen-bond donors (Lipinski definition) is 2. The molecular weight excluding hydrogens is 649 g/mol. The molecule has 48 heavy (non-hydrogen) atoms. The first-order valence-electron chi connectivity index (χ1n) is 16.9. The van der Waals surface area contributed by atoms with Gasteiger partial charge < -0.3 is 34.6 Å². The molecule has 0 spiro atoms. The molecule has 4 aliphatic rings. The Hall–Kier alpha value is -3.50. The minimum Gasteiger partial charge on any atom is -0.463 e. The first kappa shape index (κ1) is 33.0. The van der Waals surface area contributed by atoms with Gasteiger partial charge >= 0.3 is 0 Å². The molecule has 13 heteroatoms. The summed E-state index contributed by atoms with van der Waals surface area (Å²) >= 11 is 6.62. The number of carbonyl (C=O) groups excluding carboxylic acids is 2. The predicted octanol–water partition coefficient (Wildman–Crippen LogP) is 6.24. The van der Waals surface area contributed by atoms with Crippen LogP contribution in [0.15, 0.2) is 42.6 Å². The second kappa shape index (κ2) is 14.2. The van der Waals surface area contributed by atoms with Crippen molar-refractivity contribution in [3.05, 3.63) is 58.7 Å². The monoisotopic (exact) mass is 691 g/mol. The summed E-state index contributed by atoms with van der Waals surface area (Å²) in [6.45, 7) is 4.12. The third-order valence-electron chi connectivity index (χ3n) is 9.59. The van der Waals surface area contributed by atoms with Gasteiger partial charge in [-0.25, -0.2) is 4.98 Å². The molecule has 1 saturated carbocycles. The summed E-state index contributed by atoms with van der Waals surface area (Å²) in [6, 6.07) is 12.1. The van der Waals surface area contributed by atoms with Crippen LogP contribution in [0.2, 0.25) is 5.02 Å². The molecular formula is C35H43ClN7O4P. The molecule has 3 aromatic rings. The molecule has 7 rings (SSSR count). The maximum absolute atomic E-state index is 13.9. The number of piperidine rings is 1. The first-order valence-corrected chi connectivity index (χ1v) is 18.6. The highest BCUT2D eigenvalue weighted by Gasteiger charge is 2.37. The zero-order valence-corrected chi connectivity index (χ0v) is 29.4. The molecule has 2 fully saturated rings. The highest BCUT2D eigenvalue weighted by Crippen LogP contribution is 2.51. The van der Waals surface area contributed by atoms with Crippen molar-refractivity contribution in [3.8, 4) is 5.75 Å². The van der Waals surface area contributed by atoms with Crippen LogP contribution in [0.4, 0.5) is 23.1 Å². The average molecular weight is 692 g/mol. The lowest BCUT2D eigenvalue weighted by atomic mass is 10.0. The van der Waals surface area contributed by atoms with Crippen molar-refractivity contribution >= 4 is 60.0 Å². The number of likely N-dealkylation sites (N-methyl/N-ethyl adjacent to an activating group) is 1. The number of amides is 2. The van der Waals surface area contributed by atoms with Crippen LogP contribution in [0.25, 0.3) is 0 Å². The molecule has 2 amide bonds. The van der Waals surface area contributed by atoms with E-state index in [1.807, 2.05) is 66.1 Å². The largest absolute Gasteiger partial charge is 0.463 e. The smallest absolute Gasteiger partial charge is 0.254 e. The number of nitrogens with zero attached hydrogens (tertiary/aromatic N) is 5. The lowest BCUT2D eigenvalue weighted by Crippen LogP contribution is -2.48. The molecule has 1 aliphatic carbocycles. The number of ether oxygens (including phenoxy) is 1. The van der Waals surface area contributed by atoms with E-state index in [2.05, 4.69) is 21.7 Å². The minimum absolute atomic E-state index is 0.0180. The summed E-state index contributed by atoms with van der Waals surface area (Å²) in [5, 5.41) is 8.28. The molecule has 254 valence electrons. The third-order valence-corrected chi connectivity index (χ3v) is 12.4. The molecule has 3 aliphatic heterocycles. The minimum atomic E-state index is -1.06. The van der Waals surface area contributed by atoms with Crippen molar-refractivity contribution in [2.24, 2.45) is 0 Å². The van der Waals surface area contributed by atoms with Crippen LogP contribution in [0.5, 0.6) is 5.75 Å². The molecule has 2 unspecified atom stereocenters. The van der Waals surface area contributed by atoms with Gasteiger partial charge in [-0.05, 0) is 70.5 Å². The molecule has 2 bridgehead atoms. The standard InChI is InChI=1S/C35H43ClN7O4P/c1-22-46-30-17-23-20-43(24-13-15-42(16-14-24)32(44)21-41(2)3)34(45)26(23)18-29(30)39-35-37-19-27(36)33(40-35)38-28-11-7-8-12-31(28)48(47-22)25-9-5-4-6-10-25/h7-8,11-12,17-19,22,24-25H,4-6,9-10,13-16,20-21H2,1-3H3,(H2,37,38,39,40). The number of anilines is 4. The predicted molar refractivity (Wildman–Crippen MR) is 189 cm³/mol. The van der Waals surface area contributed by atoms with Gasteiger partial charge in [0.1, 0.15) is 10.8 Å². The average Bonchev–Trinajstić information content (AvgIpc) is 3.40. The van der Waals surface area contributed by atoms with Crippen LogP contribution in [0, 0.1) is 0 Å². The maximum Gasteiger partial charge on any atom is 0.254 e. The lowest BCUT2D eigenvalue weighted by Gasteiger charge is -2.37. The second-order valence-electron chi connectivity index (χ2n) is 13.4. The number of likely N-dealkylation sites (tertiary alicyclic amines) is 1. The van der Waals surface area contributed by atoms with Crippen molar-refractivity contribution < 1.29 is 18.8 Å². The highest BCUT2D eigenvalue weighted by atomic mass is 35.5. The van der Waals surface area contributed by atoms with Crippen molar-refractivity contribution in [2.75, 3.05) is 44.4 Å². The SMILES string of the molecule is CC1Oc2cc3c(cc2Nc2ncc(Cl)c(n2)Nc2ccccc2P(C2CCCCC2)O1)C(=O)N(C1CCN(C(=O)CN(C)C)CC1)C3. The van der Waals surface area contributed by atoms with Crippen LogP contribution in [0.3, 0.4) is 0 Å². The van der Waals surface area contributed by atoms with E-state index in [-0.39, 0.29) is 17.9 Å². The van der Waals surface area contributed by atoms with E-state index in [1.165, 1.54) is 19.3 Å². The Morgan fingerprint density at radius 1 is 1.06 bits per heavy atom. The highest BCUT2D eigenvalue weighted by molar-refractivity contribution is 7.62. The molecule has 11 nitrogen and oxygen atoms in total. The number of nitrogens with one attached hydrogen (secondary N) is 2. The van der Waals surface area contributed by atoms with Crippen LogP contribution in [-0.2, 0) is 15.9 Å². The molecule has 1 aromatic heterocycles. The van der Waals surface area contributed by atoms with Gasteiger partial charge in [0.25, 0.3) is 5.91 Å². The van der Waals surface area contributed by atoms with Crippen LogP contribution in [0.1, 0.15) is 67.8 Å². The number of hydrogen-bond acceptors (Lipinski definition) is 9. The Balaban J connectivity index is 1.19. The van der Waals surface area contributed by atoms with Gasteiger partial charge in [0.2, 0.25) is 18.1 Å². The Kier molecular flexibility index (Phi) is 9.74. The molecule has 0 radical (unpaired) electrons. The summed E-state index contributed by atoms with van der Waals surface area (Å²) in [7, 11) is 2.74. The van der Waals surface area contributed by atoms with Crippen molar-refractivity contribution in [2.45, 2.75) is 76.4 Å². The first-order chi connectivity index (χ1) is 23.2.